The summed E-state index contributed by atoms with van der Waals surface area (Å²) in [5, 5.41) is 1.94. The van der Waals surface area contributed by atoms with Gasteiger partial charge in [-0.05, 0) is 28.4 Å². The molecule has 0 saturated carbocycles. The van der Waals surface area contributed by atoms with Gasteiger partial charge in [-0.2, -0.15) is 0 Å². The molecule has 1 heterocycles. The van der Waals surface area contributed by atoms with Gasteiger partial charge in [-0.1, -0.05) is 31.9 Å². The first-order valence-electron chi connectivity index (χ1n) is 5.07. The van der Waals surface area contributed by atoms with Crippen LogP contribution in [0.1, 0.15) is 6.42 Å². The molecular weight excluding hydrogens is 404 g/mol. The fraction of sp³-hybridized carbons (Fsp3) is 0.700. The van der Waals surface area contributed by atoms with Crippen molar-refractivity contribution in [3.05, 3.63) is 12.0 Å². The highest BCUT2D eigenvalue weighted by Gasteiger charge is 2.24. The van der Waals surface area contributed by atoms with Crippen LogP contribution in [0.5, 0.6) is 0 Å². The Morgan fingerprint density at radius 3 is 2.50 bits per heavy atom. The average Bonchev–Trinajstić information content (AvgIpc) is 2.29. The summed E-state index contributed by atoms with van der Waals surface area (Å²) >= 11 is 10.5. The highest BCUT2D eigenvalue weighted by atomic mass is 79.9. The summed E-state index contributed by atoms with van der Waals surface area (Å²) in [4.78, 5) is 6.76. The summed E-state index contributed by atoms with van der Waals surface area (Å²) in [7, 11) is 1.64. The Morgan fingerprint density at radius 2 is 2.06 bits per heavy atom. The van der Waals surface area contributed by atoms with Gasteiger partial charge in [0.15, 0.2) is 0 Å². The summed E-state index contributed by atoms with van der Waals surface area (Å²) in [6.07, 6.45) is 2.97. The molecule has 6 heteroatoms. The molecule has 0 aromatic rings. The van der Waals surface area contributed by atoms with Gasteiger partial charge in [-0.3, -0.25) is 4.90 Å². The number of hydrogen-bond donors (Lipinski definition) is 0. The van der Waals surface area contributed by atoms with E-state index in [4.69, 9.17) is 4.74 Å². The zero-order valence-corrected chi connectivity index (χ0v) is 13.9. The SMILES string of the molecule is COC1=CCC(N(CCBr)CCBr)C(Br)=N1. The van der Waals surface area contributed by atoms with Crippen LogP contribution in [-0.2, 0) is 4.74 Å². The molecule has 16 heavy (non-hydrogen) atoms. The summed E-state index contributed by atoms with van der Waals surface area (Å²) in [5.74, 6) is 0.695. The first-order chi connectivity index (χ1) is 7.72. The molecule has 1 unspecified atom stereocenters. The number of methoxy groups -OCH3 is 1. The van der Waals surface area contributed by atoms with Gasteiger partial charge in [0.2, 0.25) is 5.88 Å². The zero-order chi connectivity index (χ0) is 12.0. The fourth-order valence-corrected chi connectivity index (χ4v) is 3.17. The quantitative estimate of drug-likeness (QED) is 0.619. The van der Waals surface area contributed by atoms with Crippen LogP contribution < -0.4 is 0 Å². The summed E-state index contributed by atoms with van der Waals surface area (Å²) in [5.41, 5.74) is 0. The van der Waals surface area contributed by atoms with Crippen LogP contribution in [0.25, 0.3) is 0 Å². The second kappa shape index (κ2) is 7.84. The Labute approximate surface area is 122 Å². The Balaban J connectivity index is 2.66. The number of nitrogens with zero attached hydrogens (tertiary/aromatic N) is 2. The number of ether oxygens (including phenoxy) is 1. The van der Waals surface area contributed by atoms with Gasteiger partial charge >= 0.3 is 0 Å². The van der Waals surface area contributed by atoms with E-state index in [9.17, 15) is 0 Å². The predicted octanol–water partition coefficient (Wildman–Crippen LogP) is 3.13. The molecule has 0 spiro atoms. The smallest absolute Gasteiger partial charge is 0.209 e. The molecule has 0 bridgehead atoms. The van der Waals surface area contributed by atoms with Gasteiger partial charge in [0.05, 0.1) is 13.2 Å². The lowest BCUT2D eigenvalue weighted by Crippen LogP contribution is -2.42. The molecule has 92 valence electrons. The van der Waals surface area contributed by atoms with Gasteiger partial charge < -0.3 is 4.74 Å². The largest absolute Gasteiger partial charge is 0.481 e. The van der Waals surface area contributed by atoms with Crippen LogP contribution in [0, 0.1) is 0 Å². The van der Waals surface area contributed by atoms with Crippen molar-refractivity contribution in [2.24, 2.45) is 4.99 Å². The molecule has 1 rings (SSSR count). The minimum absolute atomic E-state index is 0.328. The van der Waals surface area contributed by atoms with Crippen molar-refractivity contribution < 1.29 is 4.74 Å². The molecule has 0 aromatic heterocycles. The number of hydrogen-bond acceptors (Lipinski definition) is 3. The highest BCUT2D eigenvalue weighted by molar-refractivity contribution is 9.18. The molecule has 0 aliphatic carbocycles. The Hall–Kier alpha value is 0.610. The maximum absolute atomic E-state index is 5.12. The monoisotopic (exact) mass is 416 g/mol. The third-order valence-corrected chi connectivity index (χ3v) is 3.82. The van der Waals surface area contributed by atoms with E-state index in [0.29, 0.717) is 11.9 Å². The lowest BCUT2D eigenvalue weighted by Gasteiger charge is -2.30. The minimum atomic E-state index is 0.328. The number of rotatable bonds is 6. The molecule has 3 nitrogen and oxygen atoms in total. The molecule has 0 radical (unpaired) electrons. The lowest BCUT2D eigenvalue weighted by molar-refractivity contribution is 0.256. The number of alkyl halides is 2. The summed E-state index contributed by atoms with van der Waals surface area (Å²) < 4.78 is 6.07. The van der Waals surface area contributed by atoms with Crippen molar-refractivity contribution in [1.29, 1.82) is 0 Å². The maximum atomic E-state index is 5.12. The van der Waals surface area contributed by atoms with Crippen molar-refractivity contribution in [2.75, 3.05) is 30.9 Å². The van der Waals surface area contributed by atoms with Gasteiger partial charge in [-0.25, -0.2) is 4.99 Å². The van der Waals surface area contributed by atoms with Crippen LogP contribution in [0.3, 0.4) is 0 Å². The zero-order valence-electron chi connectivity index (χ0n) is 9.13. The van der Waals surface area contributed by atoms with E-state index in [-0.39, 0.29) is 0 Å². The van der Waals surface area contributed by atoms with Crippen LogP contribution in [-0.4, -0.2) is 46.4 Å². The molecule has 1 atom stereocenters. The fourth-order valence-electron chi connectivity index (χ4n) is 1.60. The Morgan fingerprint density at radius 1 is 1.44 bits per heavy atom. The molecular formula is C10H15Br3N2O. The first-order valence-corrected chi connectivity index (χ1v) is 8.10. The van der Waals surface area contributed by atoms with Crippen molar-refractivity contribution in [1.82, 2.24) is 4.90 Å². The van der Waals surface area contributed by atoms with Crippen LogP contribution in [0.15, 0.2) is 17.0 Å². The molecule has 0 N–H and O–H groups in total. The predicted molar refractivity (Wildman–Crippen MR) is 79.0 cm³/mol. The van der Waals surface area contributed by atoms with E-state index >= 15 is 0 Å². The standard InChI is InChI=1S/C10H15Br3N2O/c1-16-9-3-2-8(10(13)14-9)15(6-4-11)7-5-12/h3,8H,2,4-7H2,1H3. The van der Waals surface area contributed by atoms with Gasteiger partial charge in [0, 0.05) is 23.7 Å². The minimum Gasteiger partial charge on any atom is -0.481 e. The van der Waals surface area contributed by atoms with Gasteiger partial charge in [0.25, 0.3) is 0 Å². The van der Waals surface area contributed by atoms with Crippen molar-refractivity contribution in [3.63, 3.8) is 0 Å². The Kier molecular flexibility index (Phi) is 7.19. The molecule has 1 aliphatic rings. The summed E-state index contributed by atoms with van der Waals surface area (Å²) in [6.45, 7) is 2.02. The molecule has 0 aromatic carbocycles. The van der Waals surface area contributed by atoms with Crippen molar-refractivity contribution >= 4 is 52.4 Å². The van der Waals surface area contributed by atoms with E-state index in [0.717, 1.165) is 34.8 Å². The number of aliphatic imine (C=N–C) groups is 1. The Bertz CT molecular complexity index is 275. The van der Waals surface area contributed by atoms with Gasteiger partial charge in [0.1, 0.15) is 4.62 Å². The second-order valence-electron chi connectivity index (χ2n) is 3.35. The van der Waals surface area contributed by atoms with E-state index < -0.39 is 0 Å². The van der Waals surface area contributed by atoms with Gasteiger partial charge in [-0.15, -0.1) is 0 Å². The molecule has 0 fully saturated rings. The maximum Gasteiger partial charge on any atom is 0.209 e. The lowest BCUT2D eigenvalue weighted by atomic mass is 10.1. The normalized spacial score (nSPS) is 20.7. The van der Waals surface area contributed by atoms with E-state index in [1.54, 1.807) is 7.11 Å². The third kappa shape index (κ3) is 4.13. The van der Waals surface area contributed by atoms with E-state index in [2.05, 4.69) is 57.7 Å². The van der Waals surface area contributed by atoms with Crippen LogP contribution in [0.2, 0.25) is 0 Å². The molecule has 1 aliphatic heterocycles. The van der Waals surface area contributed by atoms with Crippen molar-refractivity contribution in [3.8, 4) is 0 Å². The second-order valence-corrected chi connectivity index (χ2v) is 5.74. The van der Waals surface area contributed by atoms with Crippen LogP contribution >= 0.6 is 47.8 Å². The topological polar surface area (TPSA) is 24.8 Å². The molecule has 0 amide bonds. The molecule has 0 saturated heterocycles. The third-order valence-electron chi connectivity index (χ3n) is 2.40. The van der Waals surface area contributed by atoms with Crippen LogP contribution in [0.4, 0.5) is 0 Å². The van der Waals surface area contributed by atoms with E-state index in [1.807, 2.05) is 6.08 Å². The van der Waals surface area contributed by atoms with E-state index in [1.165, 1.54) is 0 Å². The van der Waals surface area contributed by atoms with Crippen molar-refractivity contribution in [2.45, 2.75) is 12.5 Å². The average molecular weight is 419 g/mol. The summed E-state index contributed by atoms with van der Waals surface area (Å²) in [6, 6.07) is 0.328. The highest BCUT2D eigenvalue weighted by Crippen LogP contribution is 2.20. The number of halogens is 3. The first kappa shape index (κ1) is 14.7.